The minimum absolute atomic E-state index is 0.0842. The normalized spacial score (nSPS) is 18.1. The molecule has 1 aliphatic rings. The molecule has 0 spiro atoms. The number of hydrogen-bond acceptors (Lipinski definition) is 5. The van der Waals surface area contributed by atoms with Crippen molar-refractivity contribution in [3.8, 4) is 0 Å². The van der Waals surface area contributed by atoms with Crippen molar-refractivity contribution in [1.29, 1.82) is 0 Å². The maximum Gasteiger partial charge on any atom is 0.343 e. The molecule has 0 N–H and O–H groups in total. The Bertz CT molecular complexity index is 733. The highest BCUT2D eigenvalue weighted by Crippen LogP contribution is 2.27. The summed E-state index contributed by atoms with van der Waals surface area (Å²) in [5.41, 5.74) is 2.81. The molecule has 1 aliphatic carbocycles. The second-order valence-electron chi connectivity index (χ2n) is 5.24. The molecule has 0 aliphatic heterocycles. The average molecular weight is 273 g/mol. The lowest BCUT2D eigenvalue weighted by atomic mass is 9.88. The Hall–Kier alpha value is -2.24. The van der Waals surface area contributed by atoms with E-state index in [0.717, 1.165) is 12.1 Å². The Labute approximate surface area is 115 Å². The highest BCUT2D eigenvalue weighted by molar-refractivity contribution is 6.00. The van der Waals surface area contributed by atoms with Crippen LogP contribution in [0.5, 0.6) is 0 Å². The molecule has 2 aromatic rings. The van der Waals surface area contributed by atoms with Gasteiger partial charge in [0.2, 0.25) is 0 Å². The van der Waals surface area contributed by atoms with E-state index in [1.165, 1.54) is 7.11 Å². The number of ether oxygens (including phenoxy) is 1. The van der Waals surface area contributed by atoms with Crippen LogP contribution in [0, 0.1) is 12.8 Å². The molecule has 0 amide bonds. The van der Waals surface area contributed by atoms with Crippen LogP contribution in [0.25, 0.3) is 5.65 Å². The van der Waals surface area contributed by atoms with Crippen LogP contribution in [0.4, 0.5) is 0 Å². The standard InChI is InChI=1S/C14H15N3O3/c1-7-4-10-9(11(18)5-7)6-15-13-12(14(19)20-3)8(2)16-17(10)13/h6-7H,4-5H2,1-3H3. The van der Waals surface area contributed by atoms with E-state index in [2.05, 4.69) is 10.1 Å². The van der Waals surface area contributed by atoms with Gasteiger partial charge in [0.05, 0.1) is 24.1 Å². The summed E-state index contributed by atoms with van der Waals surface area (Å²) in [6.45, 7) is 3.77. The van der Waals surface area contributed by atoms with Gasteiger partial charge in [-0.25, -0.2) is 14.3 Å². The Balaban J connectivity index is 2.30. The third kappa shape index (κ3) is 1.71. The van der Waals surface area contributed by atoms with Crippen LogP contribution in [0.3, 0.4) is 0 Å². The summed E-state index contributed by atoms with van der Waals surface area (Å²) < 4.78 is 6.39. The number of methoxy groups -OCH3 is 1. The average Bonchev–Trinajstić information content (AvgIpc) is 2.74. The number of nitrogens with zero attached hydrogens (tertiary/aromatic N) is 3. The predicted molar refractivity (Wildman–Crippen MR) is 70.9 cm³/mol. The van der Waals surface area contributed by atoms with Gasteiger partial charge < -0.3 is 4.74 Å². The molecular weight excluding hydrogens is 258 g/mol. The lowest BCUT2D eigenvalue weighted by molar-refractivity contribution is 0.0601. The number of fused-ring (bicyclic) bond motifs is 3. The van der Waals surface area contributed by atoms with Crippen molar-refractivity contribution in [2.45, 2.75) is 26.7 Å². The summed E-state index contributed by atoms with van der Waals surface area (Å²) in [4.78, 5) is 28.1. The van der Waals surface area contributed by atoms with Crippen LogP contribution in [0.15, 0.2) is 6.20 Å². The number of aromatic nitrogens is 3. The van der Waals surface area contributed by atoms with Crippen molar-refractivity contribution >= 4 is 17.4 Å². The first-order valence-corrected chi connectivity index (χ1v) is 6.51. The third-order valence-corrected chi connectivity index (χ3v) is 3.68. The summed E-state index contributed by atoms with van der Waals surface area (Å²) in [6, 6.07) is 0. The van der Waals surface area contributed by atoms with Crippen LogP contribution in [-0.4, -0.2) is 33.5 Å². The summed E-state index contributed by atoms with van der Waals surface area (Å²) in [6.07, 6.45) is 2.83. The van der Waals surface area contributed by atoms with E-state index >= 15 is 0 Å². The molecule has 104 valence electrons. The van der Waals surface area contributed by atoms with E-state index in [4.69, 9.17) is 4.74 Å². The number of rotatable bonds is 1. The highest BCUT2D eigenvalue weighted by atomic mass is 16.5. The Kier molecular flexibility index (Phi) is 2.81. The first-order valence-electron chi connectivity index (χ1n) is 6.51. The quantitative estimate of drug-likeness (QED) is 0.738. The molecular formula is C14H15N3O3. The maximum atomic E-state index is 12.0. The van der Waals surface area contributed by atoms with Crippen molar-refractivity contribution in [3.63, 3.8) is 0 Å². The van der Waals surface area contributed by atoms with E-state index in [9.17, 15) is 9.59 Å². The fourth-order valence-electron chi connectivity index (χ4n) is 2.74. The number of ketones is 1. The van der Waals surface area contributed by atoms with Crippen LogP contribution < -0.4 is 0 Å². The Morgan fingerprint density at radius 1 is 1.45 bits per heavy atom. The summed E-state index contributed by atoms with van der Waals surface area (Å²) in [7, 11) is 1.33. The van der Waals surface area contributed by atoms with Gasteiger partial charge in [0.15, 0.2) is 11.4 Å². The predicted octanol–water partition coefficient (Wildman–Crippen LogP) is 1.59. The van der Waals surface area contributed by atoms with Crippen LogP contribution in [-0.2, 0) is 11.2 Å². The van der Waals surface area contributed by atoms with E-state index in [-0.39, 0.29) is 11.7 Å². The number of carbonyl (C=O) groups excluding carboxylic acids is 2. The molecule has 0 saturated carbocycles. The number of carbonyl (C=O) groups is 2. The SMILES string of the molecule is COC(=O)c1c(C)nn2c3c(cnc12)C(=O)CC(C)C3. The topological polar surface area (TPSA) is 73.6 Å². The maximum absolute atomic E-state index is 12.0. The first-order chi connectivity index (χ1) is 9.52. The zero-order valence-electron chi connectivity index (χ0n) is 11.6. The van der Waals surface area contributed by atoms with Gasteiger partial charge in [0.1, 0.15) is 5.56 Å². The molecule has 6 heteroatoms. The molecule has 0 radical (unpaired) electrons. The molecule has 0 fully saturated rings. The monoisotopic (exact) mass is 273 g/mol. The van der Waals surface area contributed by atoms with Crippen molar-refractivity contribution in [2.24, 2.45) is 5.92 Å². The van der Waals surface area contributed by atoms with Gasteiger partial charge in [0.25, 0.3) is 0 Å². The minimum atomic E-state index is -0.458. The highest BCUT2D eigenvalue weighted by Gasteiger charge is 2.28. The molecule has 0 bridgehead atoms. The Morgan fingerprint density at radius 3 is 2.90 bits per heavy atom. The molecule has 0 aromatic carbocycles. The van der Waals surface area contributed by atoms with Gasteiger partial charge in [0, 0.05) is 12.6 Å². The van der Waals surface area contributed by atoms with Crippen LogP contribution in [0.2, 0.25) is 0 Å². The van der Waals surface area contributed by atoms with Gasteiger partial charge in [-0.2, -0.15) is 5.10 Å². The van der Waals surface area contributed by atoms with Gasteiger partial charge in [-0.15, -0.1) is 0 Å². The van der Waals surface area contributed by atoms with Gasteiger partial charge in [-0.05, 0) is 19.3 Å². The van der Waals surface area contributed by atoms with Crippen molar-refractivity contribution in [2.75, 3.05) is 7.11 Å². The third-order valence-electron chi connectivity index (χ3n) is 3.68. The van der Waals surface area contributed by atoms with Crippen LogP contribution in [0.1, 0.15) is 45.4 Å². The van der Waals surface area contributed by atoms with E-state index in [0.29, 0.717) is 28.9 Å². The largest absolute Gasteiger partial charge is 0.465 e. The molecule has 20 heavy (non-hydrogen) atoms. The summed E-state index contributed by atoms with van der Waals surface area (Å²) >= 11 is 0. The van der Waals surface area contributed by atoms with E-state index in [1.54, 1.807) is 17.6 Å². The van der Waals surface area contributed by atoms with Gasteiger partial charge in [-0.3, -0.25) is 4.79 Å². The zero-order valence-corrected chi connectivity index (χ0v) is 11.6. The second kappa shape index (κ2) is 4.40. The lowest BCUT2D eigenvalue weighted by Gasteiger charge is -2.20. The van der Waals surface area contributed by atoms with E-state index in [1.807, 2.05) is 6.92 Å². The van der Waals surface area contributed by atoms with Crippen molar-refractivity contribution in [3.05, 3.63) is 28.7 Å². The summed E-state index contributed by atoms with van der Waals surface area (Å²) in [5, 5.41) is 4.37. The first kappa shape index (κ1) is 12.8. The fraction of sp³-hybridized carbons (Fsp3) is 0.429. The fourth-order valence-corrected chi connectivity index (χ4v) is 2.74. The Morgan fingerprint density at radius 2 is 2.20 bits per heavy atom. The number of Topliss-reactive ketones (excluding diaryl/α,β-unsaturated/α-hetero) is 1. The molecule has 1 unspecified atom stereocenters. The summed E-state index contributed by atoms with van der Waals surface area (Å²) in [5.74, 6) is -0.104. The molecule has 0 saturated heterocycles. The zero-order chi connectivity index (χ0) is 14.4. The molecule has 1 atom stereocenters. The molecule has 2 aromatic heterocycles. The van der Waals surface area contributed by atoms with Gasteiger partial charge in [-0.1, -0.05) is 6.92 Å². The molecule has 2 heterocycles. The minimum Gasteiger partial charge on any atom is -0.465 e. The van der Waals surface area contributed by atoms with E-state index < -0.39 is 5.97 Å². The number of esters is 1. The number of aryl methyl sites for hydroxylation is 1. The van der Waals surface area contributed by atoms with Crippen LogP contribution >= 0.6 is 0 Å². The lowest BCUT2D eigenvalue weighted by Crippen LogP contribution is -2.22. The van der Waals surface area contributed by atoms with Gasteiger partial charge >= 0.3 is 5.97 Å². The molecule has 6 nitrogen and oxygen atoms in total. The van der Waals surface area contributed by atoms with Crippen molar-refractivity contribution in [1.82, 2.24) is 14.6 Å². The number of hydrogen-bond donors (Lipinski definition) is 0. The smallest absolute Gasteiger partial charge is 0.343 e. The van der Waals surface area contributed by atoms with Crippen molar-refractivity contribution < 1.29 is 14.3 Å². The second-order valence-corrected chi connectivity index (χ2v) is 5.24. The molecule has 3 rings (SSSR count).